The summed E-state index contributed by atoms with van der Waals surface area (Å²) in [4.78, 5) is 36.6. The molecule has 0 aliphatic heterocycles. The molecule has 1 aromatic carbocycles. The van der Waals surface area contributed by atoms with Crippen molar-refractivity contribution in [1.29, 1.82) is 0 Å². The third-order valence-corrected chi connectivity index (χ3v) is 11.5. The lowest BCUT2D eigenvalue weighted by Crippen LogP contribution is -2.44. The summed E-state index contributed by atoms with van der Waals surface area (Å²) < 4.78 is 16.8. The number of hydrogen-bond donors (Lipinski definition) is 3. The van der Waals surface area contributed by atoms with Crippen LogP contribution < -0.4 is 14.5 Å². The number of methoxy groups -OCH3 is 2. The molecule has 0 unspecified atom stereocenters. The molecular formula is C24H39NO8SSi. The molecule has 0 radical (unpaired) electrons. The van der Waals surface area contributed by atoms with Crippen LogP contribution in [0, 0.1) is 6.92 Å². The van der Waals surface area contributed by atoms with Crippen LogP contribution in [0.25, 0.3) is 0 Å². The number of nitrogens with one attached hydrogen (secondary N) is 1. The van der Waals surface area contributed by atoms with Gasteiger partial charge in [0.25, 0.3) is 0 Å². The van der Waals surface area contributed by atoms with E-state index >= 15 is 0 Å². The second-order valence-electron chi connectivity index (χ2n) is 9.71. The average molecular weight is 530 g/mol. The van der Waals surface area contributed by atoms with E-state index < -0.39 is 26.3 Å². The summed E-state index contributed by atoms with van der Waals surface area (Å²) in [5.74, 6) is -0.796. The van der Waals surface area contributed by atoms with Crippen molar-refractivity contribution >= 4 is 37.9 Å². The Kier molecular flexibility index (Phi) is 11.6. The van der Waals surface area contributed by atoms with Gasteiger partial charge < -0.3 is 29.4 Å². The van der Waals surface area contributed by atoms with Gasteiger partial charge in [-0.1, -0.05) is 20.8 Å². The molecule has 0 saturated carbocycles. The molecule has 11 heteroatoms. The summed E-state index contributed by atoms with van der Waals surface area (Å²) in [6.45, 7) is 12.0. The number of carbonyl (C=O) groups excluding carboxylic acids is 2. The summed E-state index contributed by atoms with van der Waals surface area (Å²) >= 11 is 1.29. The normalized spacial score (nSPS) is 12.6. The molecule has 0 spiro atoms. The predicted octanol–water partition coefficient (Wildman–Crippen LogP) is 3.75. The molecule has 198 valence electrons. The van der Waals surface area contributed by atoms with Gasteiger partial charge in [-0.3, -0.25) is 4.79 Å². The number of aliphatic hydroxyl groups is 1. The molecule has 0 aliphatic rings. The van der Waals surface area contributed by atoms with Crippen molar-refractivity contribution in [2.45, 2.75) is 70.5 Å². The number of benzene rings is 1. The molecule has 1 amide bonds. The molecule has 0 bridgehead atoms. The van der Waals surface area contributed by atoms with Crippen LogP contribution in [0.15, 0.2) is 6.07 Å². The van der Waals surface area contributed by atoms with Crippen molar-refractivity contribution in [2.75, 3.05) is 26.6 Å². The van der Waals surface area contributed by atoms with Crippen LogP contribution in [0.2, 0.25) is 18.1 Å². The topological polar surface area (TPSA) is 131 Å². The fourth-order valence-corrected chi connectivity index (χ4v) is 5.15. The maximum absolute atomic E-state index is 12.3. The molecule has 0 aromatic heterocycles. The number of hydrogen-bond acceptors (Lipinski definition) is 8. The number of rotatable bonds is 13. The Morgan fingerprint density at radius 2 is 1.80 bits per heavy atom. The van der Waals surface area contributed by atoms with Gasteiger partial charge in [0.05, 0.1) is 19.8 Å². The Morgan fingerprint density at radius 1 is 1.17 bits per heavy atom. The highest BCUT2D eigenvalue weighted by Crippen LogP contribution is 2.42. The molecule has 0 fully saturated rings. The first-order valence-electron chi connectivity index (χ1n) is 11.4. The molecule has 3 N–H and O–H groups in total. The molecule has 0 aliphatic carbocycles. The van der Waals surface area contributed by atoms with Crippen LogP contribution in [-0.2, 0) is 20.1 Å². The standard InChI is InChI=1S/C24H39NO8SSi/c1-15-18(31-5)12-19(33-35(7,8)24(2,3)4)16(21(15)22(28)29)13-34-14-17(23(30)32-6)25-20(27)10-9-11-26/h12,17,26H,9-11,13-14H2,1-8H3,(H,25,27)(H,28,29)/t17-/m0/s1. The van der Waals surface area contributed by atoms with Crippen LogP contribution in [0.5, 0.6) is 11.5 Å². The minimum atomic E-state index is -2.32. The van der Waals surface area contributed by atoms with E-state index in [1.54, 1.807) is 13.0 Å². The van der Waals surface area contributed by atoms with Crippen molar-refractivity contribution in [3.05, 3.63) is 22.8 Å². The summed E-state index contributed by atoms with van der Waals surface area (Å²) in [5, 5.41) is 21.4. The number of carboxylic acids is 1. The van der Waals surface area contributed by atoms with Crippen LogP contribution in [0.4, 0.5) is 0 Å². The highest BCUT2D eigenvalue weighted by molar-refractivity contribution is 7.98. The van der Waals surface area contributed by atoms with Crippen LogP contribution in [0.3, 0.4) is 0 Å². The van der Waals surface area contributed by atoms with Gasteiger partial charge in [-0.25, -0.2) is 9.59 Å². The van der Waals surface area contributed by atoms with Crippen molar-refractivity contribution in [3.8, 4) is 11.5 Å². The SMILES string of the molecule is COC(=O)[C@H](CSCc1c(O[Si](C)(C)C(C)(C)C)cc(OC)c(C)c1C(=O)O)NC(=O)CCCO. The second-order valence-corrected chi connectivity index (χ2v) is 15.5. The van der Waals surface area contributed by atoms with E-state index in [1.807, 2.05) is 0 Å². The molecule has 9 nitrogen and oxygen atoms in total. The molecule has 1 aromatic rings. The van der Waals surface area contributed by atoms with Crippen molar-refractivity contribution in [1.82, 2.24) is 5.32 Å². The van der Waals surface area contributed by atoms with E-state index in [2.05, 4.69) is 39.2 Å². The summed E-state index contributed by atoms with van der Waals surface area (Å²) in [7, 11) is 0.405. The summed E-state index contributed by atoms with van der Waals surface area (Å²) in [5.41, 5.74) is 1.09. The van der Waals surface area contributed by atoms with E-state index in [0.717, 1.165) is 0 Å². The van der Waals surface area contributed by atoms with Crippen molar-refractivity contribution < 1.29 is 38.5 Å². The molecular weight excluding hydrogens is 490 g/mol. The smallest absolute Gasteiger partial charge is 0.336 e. The quantitative estimate of drug-likeness (QED) is 0.258. The largest absolute Gasteiger partial charge is 0.543 e. The Labute approximate surface area is 213 Å². The van der Waals surface area contributed by atoms with E-state index in [0.29, 0.717) is 22.6 Å². The lowest BCUT2D eigenvalue weighted by molar-refractivity contribution is -0.144. The zero-order valence-corrected chi connectivity index (χ0v) is 23.8. The average Bonchev–Trinajstić information content (AvgIpc) is 2.76. The monoisotopic (exact) mass is 529 g/mol. The summed E-state index contributed by atoms with van der Waals surface area (Å²) in [6.07, 6.45) is 0.369. The van der Waals surface area contributed by atoms with Gasteiger partial charge in [-0.2, -0.15) is 11.8 Å². The predicted molar refractivity (Wildman–Crippen MR) is 139 cm³/mol. The number of carbonyl (C=O) groups is 3. The third kappa shape index (κ3) is 8.43. The lowest BCUT2D eigenvalue weighted by Gasteiger charge is -2.37. The number of ether oxygens (including phenoxy) is 2. The van der Waals surface area contributed by atoms with Gasteiger partial charge in [0.2, 0.25) is 14.2 Å². The van der Waals surface area contributed by atoms with Gasteiger partial charge in [0.1, 0.15) is 17.5 Å². The maximum Gasteiger partial charge on any atom is 0.336 e. The molecule has 1 atom stereocenters. The highest BCUT2D eigenvalue weighted by atomic mass is 32.2. The zero-order valence-electron chi connectivity index (χ0n) is 21.9. The van der Waals surface area contributed by atoms with E-state index in [4.69, 9.17) is 19.0 Å². The number of thioether (sulfide) groups is 1. The van der Waals surface area contributed by atoms with E-state index in [1.165, 1.54) is 26.0 Å². The molecule has 1 rings (SSSR count). The van der Waals surface area contributed by atoms with Crippen molar-refractivity contribution in [3.63, 3.8) is 0 Å². The van der Waals surface area contributed by atoms with Crippen LogP contribution in [-0.4, -0.2) is 69.0 Å². The van der Waals surface area contributed by atoms with E-state index in [-0.39, 0.29) is 47.5 Å². The molecule has 0 heterocycles. The van der Waals surface area contributed by atoms with Gasteiger partial charge in [0.15, 0.2) is 0 Å². The highest BCUT2D eigenvalue weighted by Gasteiger charge is 2.40. The minimum absolute atomic E-state index is 0.0833. The number of carboxylic acid groups (broad SMARTS) is 1. The first-order chi connectivity index (χ1) is 16.2. The van der Waals surface area contributed by atoms with Crippen molar-refractivity contribution in [2.24, 2.45) is 0 Å². The minimum Gasteiger partial charge on any atom is -0.543 e. The Bertz CT molecular complexity index is 914. The number of amides is 1. The first kappa shape index (κ1) is 30.8. The molecule has 0 saturated heterocycles. The fourth-order valence-electron chi connectivity index (χ4n) is 3.05. The maximum atomic E-state index is 12.3. The second kappa shape index (κ2) is 13.2. The van der Waals surface area contributed by atoms with Crippen LogP contribution >= 0.6 is 11.8 Å². The number of aromatic carboxylic acids is 1. The van der Waals surface area contributed by atoms with Gasteiger partial charge in [-0.15, -0.1) is 0 Å². The first-order valence-corrected chi connectivity index (χ1v) is 15.4. The summed E-state index contributed by atoms with van der Waals surface area (Å²) in [6, 6.07) is 0.820. The number of esters is 1. The Hall–Kier alpha value is -2.24. The zero-order chi connectivity index (χ0) is 27.0. The number of aliphatic hydroxyl groups excluding tert-OH is 1. The van der Waals surface area contributed by atoms with Gasteiger partial charge >= 0.3 is 11.9 Å². The Balaban J connectivity index is 3.31. The Morgan fingerprint density at radius 3 is 2.29 bits per heavy atom. The lowest BCUT2D eigenvalue weighted by atomic mass is 10.0. The van der Waals surface area contributed by atoms with E-state index in [9.17, 15) is 19.5 Å². The van der Waals surface area contributed by atoms with Crippen LogP contribution in [0.1, 0.15) is 55.1 Å². The molecule has 35 heavy (non-hydrogen) atoms. The third-order valence-electron chi connectivity index (χ3n) is 6.12. The van der Waals surface area contributed by atoms with Gasteiger partial charge in [-0.05, 0) is 31.5 Å². The fraction of sp³-hybridized carbons (Fsp3) is 0.625. The van der Waals surface area contributed by atoms with Gasteiger partial charge in [0, 0.05) is 41.7 Å².